The number of hydrogen-bond acceptors (Lipinski definition) is 3. The van der Waals surface area contributed by atoms with Crippen molar-refractivity contribution in [2.75, 3.05) is 32.1 Å². The molecule has 1 fully saturated rings. The topological polar surface area (TPSA) is 19.4 Å². The lowest BCUT2D eigenvalue weighted by atomic mass is 10.0. The van der Waals surface area contributed by atoms with Gasteiger partial charge in [0.25, 0.3) is 0 Å². The molecule has 1 aliphatic rings. The van der Waals surface area contributed by atoms with Crippen molar-refractivity contribution >= 4 is 5.82 Å². The molecule has 0 bridgehead atoms. The molecule has 0 radical (unpaired) electrons. The minimum atomic E-state index is 0.741. The van der Waals surface area contributed by atoms with Crippen molar-refractivity contribution in [3.8, 4) is 0 Å². The number of aromatic nitrogens is 1. The van der Waals surface area contributed by atoms with Gasteiger partial charge in [0.05, 0.1) is 0 Å². The van der Waals surface area contributed by atoms with E-state index in [1.165, 1.54) is 12.8 Å². The van der Waals surface area contributed by atoms with Crippen molar-refractivity contribution < 1.29 is 0 Å². The average Bonchev–Trinajstić information content (AvgIpc) is 2.30. The normalized spacial score (nSPS) is 18.5. The summed E-state index contributed by atoms with van der Waals surface area (Å²) in [6.45, 7) is 2.25. The van der Waals surface area contributed by atoms with Crippen molar-refractivity contribution in [1.82, 2.24) is 9.88 Å². The van der Waals surface area contributed by atoms with Crippen LogP contribution >= 0.6 is 0 Å². The summed E-state index contributed by atoms with van der Waals surface area (Å²) in [5.74, 6) is 1.12. The zero-order valence-electron chi connectivity index (χ0n) is 9.56. The first-order valence-corrected chi connectivity index (χ1v) is 5.60. The number of rotatable bonds is 2. The lowest BCUT2D eigenvalue weighted by Gasteiger charge is -2.35. The lowest BCUT2D eigenvalue weighted by Crippen LogP contribution is -2.42. The molecule has 0 aromatic carbocycles. The summed E-state index contributed by atoms with van der Waals surface area (Å²) in [5.41, 5.74) is 0. The minimum absolute atomic E-state index is 0.741. The highest BCUT2D eigenvalue weighted by molar-refractivity contribution is 5.38. The highest BCUT2D eigenvalue weighted by Crippen LogP contribution is 2.19. The molecular formula is C12H19N3. The number of hydrogen-bond donors (Lipinski definition) is 0. The van der Waals surface area contributed by atoms with Crippen LogP contribution in [0.25, 0.3) is 0 Å². The Morgan fingerprint density at radius 3 is 2.53 bits per heavy atom. The second-order valence-electron chi connectivity index (χ2n) is 4.37. The lowest BCUT2D eigenvalue weighted by molar-refractivity contribution is 0.249. The summed E-state index contributed by atoms with van der Waals surface area (Å²) in [4.78, 5) is 9.09. The third kappa shape index (κ3) is 2.48. The van der Waals surface area contributed by atoms with Gasteiger partial charge in [-0.2, -0.15) is 0 Å². The van der Waals surface area contributed by atoms with Crippen molar-refractivity contribution in [3.05, 3.63) is 24.4 Å². The second-order valence-corrected chi connectivity index (χ2v) is 4.37. The smallest absolute Gasteiger partial charge is 0.128 e. The van der Waals surface area contributed by atoms with Crippen LogP contribution in [-0.4, -0.2) is 43.1 Å². The first-order chi connectivity index (χ1) is 7.27. The van der Waals surface area contributed by atoms with E-state index in [1.54, 1.807) is 0 Å². The minimum Gasteiger partial charge on any atom is -0.357 e. The molecule has 0 aliphatic carbocycles. The summed E-state index contributed by atoms with van der Waals surface area (Å²) >= 11 is 0. The van der Waals surface area contributed by atoms with E-state index >= 15 is 0 Å². The van der Waals surface area contributed by atoms with Gasteiger partial charge in [0, 0.05) is 25.3 Å². The summed E-state index contributed by atoms with van der Waals surface area (Å²) in [7, 11) is 4.34. The van der Waals surface area contributed by atoms with E-state index in [-0.39, 0.29) is 0 Å². The summed E-state index contributed by atoms with van der Waals surface area (Å²) in [6, 6.07) is 6.86. The van der Waals surface area contributed by atoms with Gasteiger partial charge in [-0.1, -0.05) is 6.07 Å². The molecule has 0 spiro atoms. The van der Waals surface area contributed by atoms with Gasteiger partial charge in [-0.3, -0.25) is 0 Å². The third-order valence-corrected chi connectivity index (χ3v) is 3.17. The fourth-order valence-electron chi connectivity index (χ4n) is 2.15. The van der Waals surface area contributed by atoms with Crippen LogP contribution in [0.3, 0.4) is 0 Å². The molecule has 2 rings (SSSR count). The summed E-state index contributed by atoms with van der Waals surface area (Å²) in [6.07, 6.45) is 4.35. The standard InChI is InChI=1S/C12H19N3/c1-14(2)11-6-9-15(10-7-11)12-5-3-4-8-13-12/h3-5,8,11H,6-7,9-10H2,1-2H3. The largest absolute Gasteiger partial charge is 0.357 e. The molecule has 82 valence electrons. The van der Waals surface area contributed by atoms with Crippen LogP contribution in [-0.2, 0) is 0 Å². The molecule has 0 atom stereocenters. The number of nitrogens with zero attached hydrogens (tertiary/aromatic N) is 3. The first kappa shape index (κ1) is 10.4. The van der Waals surface area contributed by atoms with Gasteiger partial charge in [-0.25, -0.2) is 4.98 Å². The monoisotopic (exact) mass is 205 g/mol. The molecule has 0 unspecified atom stereocenters. The summed E-state index contributed by atoms with van der Waals surface area (Å²) in [5, 5.41) is 0. The molecule has 1 saturated heterocycles. The summed E-state index contributed by atoms with van der Waals surface area (Å²) < 4.78 is 0. The van der Waals surface area contributed by atoms with Gasteiger partial charge < -0.3 is 9.80 Å². The Hall–Kier alpha value is -1.09. The maximum absolute atomic E-state index is 4.38. The molecule has 3 heteroatoms. The van der Waals surface area contributed by atoms with E-state index in [0.29, 0.717) is 0 Å². The molecule has 15 heavy (non-hydrogen) atoms. The number of piperidine rings is 1. The number of anilines is 1. The Bertz CT molecular complexity index is 289. The fraction of sp³-hybridized carbons (Fsp3) is 0.583. The molecule has 3 nitrogen and oxygen atoms in total. The molecule has 1 aliphatic heterocycles. The average molecular weight is 205 g/mol. The molecular weight excluding hydrogens is 186 g/mol. The van der Waals surface area contributed by atoms with E-state index in [1.807, 2.05) is 12.3 Å². The molecule has 2 heterocycles. The third-order valence-electron chi connectivity index (χ3n) is 3.17. The van der Waals surface area contributed by atoms with Crippen LogP contribution < -0.4 is 4.90 Å². The Labute approximate surface area is 91.7 Å². The quantitative estimate of drug-likeness (QED) is 0.731. The molecule has 1 aromatic rings. The van der Waals surface area contributed by atoms with Gasteiger partial charge in [0.15, 0.2) is 0 Å². The van der Waals surface area contributed by atoms with Gasteiger partial charge in [0.2, 0.25) is 0 Å². The Kier molecular flexibility index (Phi) is 3.21. The van der Waals surface area contributed by atoms with Crippen LogP contribution in [0.2, 0.25) is 0 Å². The number of pyridine rings is 1. The van der Waals surface area contributed by atoms with Crippen molar-refractivity contribution in [2.45, 2.75) is 18.9 Å². The van der Waals surface area contributed by atoms with E-state index in [9.17, 15) is 0 Å². The fourth-order valence-corrected chi connectivity index (χ4v) is 2.15. The predicted octanol–water partition coefficient (Wildman–Crippen LogP) is 1.61. The molecule has 0 N–H and O–H groups in total. The van der Waals surface area contributed by atoms with Crippen molar-refractivity contribution in [2.24, 2.45) is 0 Å². The van der Waals surface area contributed by atoms with Crippen LogP contribution in [0.5, 0.6) is 0 Å². The van der Waals surface area contributed by atoms with E-state index < -0.39 is 0 Å². The predicted molar refractivity (Wildman–Crippen MR) is 63.2 cm³/mol. The van der Waals surface area contributed by atoms with Gasteiger partial charge >= 0.3 is 0 Å². The van der Waals surface area contributed by atoms with Gasteiger partial charge in [-0.15, -0.1) is 0 Å². The SMILES string of the molecule is CN(C)C1CCN(c2ccccn2)CC1. The van der Waals surface area contributed by atoms with Gasteiger partial charge in [0.1, 0.15) is 5.82 Å². The zero-order chi connectivity index (χ0) is 10.7. The zero-order valence-corrected chi connectivity index (χ0v) is 9.56. The van der Waals surface area contributed by atoms with E-state index in [0.717, 1.165) is 24.9 Å². The van der Waals surface area contributed by atoms with Crippen LogP contribution in [0.4, 0.5) is 5.82 Å². The van der Waals surface area contributed by atoms with E-state index in [4.69, 9.17) is 0 Å². The van der Waals surface area contributed by atoms with Gasteiger partial charge in [-0.05, 0) is 39.1 Å². The Balaban J connectivity index is 1.94. The Morgan fingerprint density at radius 1 is 1.27 bits per heavy atom. The van der Waals surface area contributed by atoms with Crippen molar-refractivity contribution in [1.29, 1.82) is 0 Å². The molecule has 1 aromatic heterocycles. The van der Waals surface area contributed by atoms with Crippen LogP contribution in [0.15, 0.2) is 24.4 Å². The maximum Gasteiger partial charge on any atom is 0.128 e. The highest BCUT2D eigenvalue weighted by atomic mass is 15.2. The van der Waals surface area contributed by atoms with Crippen molar-refractivity contribution in [3.63, 3.8) is 0 Å². The van der Waals surface area contributed by atoms with E-state index in [2.05, 4.69) is 41.0 Å². The maximum atomic E-state index is 4.38. The first-order valence-electron chi connectivity index (χ1n) is 5.60. The van der Waals surface area contributed by atoms with Crippen LogP contribution in [0.1, 0.15) is 12.8 Å². The Morgan fingerprint density at radius 2 is 2.00 bits per heavy atom. The highest BCUT2D eigenvalue weighted by Gasteiger charge is 2.20. The van der Waals surface area contributed by atoms with Crippen LogP contribution in [0, 0.1) is 0 Å². The second kappa shape index (κ2) is 4.62. The molecule has 0 saturated carbocycles. The molecule has 0 amide bonds.